The van der Waals surface area contributed by atoms with Crippen molar-refractivity contribution in [3.05, 3.63) is 0 Å². The normalized spacial score (nSPS) is 21.4. The van der Waals surface area contributed by atoms with Crippen LogP contribution in [0.3, 0.4) is 0 Å². The molecule has 3 nitrogen and oxygen atoms in total. The van der Waals surface area contributed by atoms with E-state index >= 15 is 0 Å². The zero-order valence-electron chi connectivity index (χ0n) is 6.84. The van der Waals surface area contributed by atoms with E-state index < -0.39 is 0 Å². The van der Waals surface area contributed by atoms with Gasteiger partial charge in [0.25, 0.3) is 0 Å². The van der Waals surface area contributed by atoms with Crippen LogP contribution in [0, 0.1) is 0 Å². The smallest absolute Gasteiger partial charge is 0.106 e. The zero-order valence-corrected chi connectivity index (χ0v) is 6.84. The monoisotopic (exact) mass is 144 g/mol. The number of nitrogens with zero attached hydrogens (tertiary/aromatic N) is 2. The Hall–Kier alpha value is -0.410. The van der Waals surface area contributed by atoms with Gasteiger partial charge >= 0.3 is 0 Å². The summed E-state index contributed by atoms with van der Waals surface area (Å²) in [4.78, 5) is 12.7. The Morgan fingerprint density at radius 3 is 1.30 bits per heavy atom. The second-order valence-electron chi connectivity index (χ2n) is 2.61. The molecule has 0 spiro atoms. The van der Waals surface area contributed by atoms with Gasteiger partial charge in [-0.1, -0.05) is 0 Å². The first-order valence-electron chi connectivity index (χ1n) is 3.45. The average molecular weight is 144 g/mol. The summed E-state index contributed by atoms with van der Waals surface area (Å²) < 4.78 is 0. The van der Waals surface area contributed by atoms with E-state index in [1.165, 1.54) is 26.2 Å². The van der Waals surface area contributed by atoms with Crippen LogP contribution in [0.4, 0.5) is 0 Å². The number of carbonyl (C=O) groups excluding carboxylic acids is 1. The molecule has 3 heteroatoms. The third kappa shape index (κ3) is 3.58. The average Bonchev–Trinajstić information content (AvgIpc) is 2.00. The van der Waals surface area contributed by atoms with Crippen LogP contribution in [-0.2, 0) is 4.79 Å². The zero-order chi connectivity index (χ0) is 7.98. The topological polar surface area (TPSA) is 23.6 Å². The van der Waals surface area contributed by atoms with Gasteiger partial charge in [0, 0.05) is 26.2 Å². The van der Waals surface area contributed by atoms with Gasteiger partial charge in [-0.15, -0.1) is 0 Å². The summed E-state index contributed by atoms with van der Waals surface area (Å²) in [7, 11) is 4.35. The molecular weight excluding hydrogens is 128 g/mol. The lowest BCUT2D eigenvalue weighted by Crippen LogP contribution is -2.42. The summed E-state index contributed by atoms with van der Waals surface area (Å²) in [5.41, 5.74) is 0. The molecule has 1 saturated heterocycles. The Morgan fingerprint density at radius 2 is 1.10 bits per heavy atom. The Balaban J connectivity index is 0.000000371. The van der Waals surface area contributed by atoms with Crippen molar-refractivity contribution in [2.24, 2.45) is 0 Å². The van der Waals surface area contributed by atoms with Crippen LogP contribution in [0.15, 0.2) is 0 Å². The van der Waals surface area contributed by atoms with Crippen LogP contribution in [0.2, 0.25) is 0 Å². The quantitative estimate of drug-likeness (QED) is 0.465. The second kappa shape index (κ2) is 5.38. The fraction of sp³-hybridized carbons (Fsp3) is 0.857. The maximum absolute atomic E-state index is 8.00. The van der Waals surface area contributed by atoms with E-state index in [1.807, 2.05) is 6.79 Å². The highest BCUT2D eigenvalue weighted by molar-refractivity contribution is 5.10. The van der Waals surface area contributed by atoms with Crippen molar-refractivity contribution >= 4 is 6.79 Å². The minimum absolute atomic E-state index is 1.23. The van der Waals surface area contributed by atoms with Crippen LogP contribution in [0.25, 0.3) is 0 Å². The van der Waals surface area contributed by atoms with E-state index in [1.54, 1.807) is 0 Å². The Morgan fingerprint density at radius 1 is 0.900 bits per heavy atom. The first kappa shape index (κ1) is 9.59. The third-order valence-corrected chi connectivity index (χ3v) is 1.73. The molecule has 0 atom stereocenters. The third-order valence-electron chi connectivity index (χ3n) is 1.73. The van der Waals surface area contributed by atoms with Crippen molar-refractivity contribution in [2.75, 3.05) is 40.3 Å². The number of likely N-dealkylation sites (N-methyl/N-ethyl adjacent to an activating group) is 2. The summed E-state index contributed by atoms with van der Waals surface area (Å²) in [6.07, 6.45) is 0. The number of piperazine rings is 1. The fourth-order valence-electron chi connectivity index (χ4n) is 0.906. The Kier molecular flexibility index (Phi) is 5.16. The highest BCUT2D eigenvalue weighted by atomic mass is 16.1. The van der Waals surface area contributed by atoms with Crippen LogP contribution < -0.4 is 0 Å². The van der Waals surface area contributed by atoms with Crippen molar-refractivity contribution in [1.82, 2.24) is 9.80 Å². The van der Waals surface area contributed by atoms with Crippen molar-refractivity contribution < 1.29 is 4.79 Å². The second-order valence-corrected chi connectivity index (χ2v) is 2.61. The number of hydrogen-bond acceptors (Lipinski definition) is 3. The first-order chi connectivity index (χ1) is 4.79. The highest BCUT2D eigenvalue weighted by Gasteiger charge is 2.07. The molecule has 1 aliphatic rings. The van der Waals surface area contributed by atoms with Crippen LogP contribution >= 0.6 is 0 Å². The van der Waals surface area contributed by atoms with Gasteiger partial charge in [-0.05, 0) is 14.1 Å². The van der Waals surface area contributed by atoms with Crippen LogP contribution in [0.5, 0.6) is 0 Å². The molecule has 60 valence electrons. The molecule has 1 heterocycles. The molecule has 0 bridgehead atoms. The molecule has 1 rings (SSSR count). The standard InChI is InChI=1S/C6H14N2.CH2O/c1-7-3-5-8(2)6-4-7;1-2/h3-6H2,1-2H3;1H2. The molecular formula is C7H16N2O. The first-order valence-corrected chi connectivity index (χ1v) is 3.45. The molecule has 0 aromatic rings. The maximum Gasteiger partial charge on any atom is 0.106 e. The predicted molar refractivity (Wildman–Crippen MR) is 42.1 cm³/mol. The van der Waals surface area contributed by atoms with Crippen molar-refractivity contribution in [3.63, 3.8) is 0 Å². The van der Waals surface area contributed by atoms with Gasteiger partial charge in [0.1, 0.15) is 6.79 Å². The van der Waals surface area contributed by atoms with Crippen molar-refractivity contribution in [2.45, 2.75) is 0 Å². The molecule has 0 aliphatic carbocycles. The molecule has 1 fully saturated rings. The predicted octanol–water partition coefficient (Wildman–Crippen LogP) is -0.321. The highest BCUT2D eigenvalue weighted by Crippen LogP contribution is 1.93. The van der Waals surface area contributed by atoms with Gasteiger partial charge in [-0.25, -0.2) is 0 Å². The molecule has 10 heavy (non-hydrogen) atoms. The maximum atomic E-state index is 8.00. The van der Waals surface area contributed by atoms with Gasteiger partial charge in [-0.3, -0.25) is 0 Å². The van der Waals surface area contributed by atoms with E-state index in [-0.39, 0.29) is 0 Å². The number of hydrogen-bond donors (Lipinski definition) is 0. The Labute approximate surface area is 62.6 Å². The van der Waals surface area contributed by atoms with Crippen molar-refractivity contribution in [1.29, 1.82) is 0 Å². The molecule has 0 N–H and O–H groups in total. The van der Waals surface area contributed by atoms with E-state index in [2.05, 4.69) is 23.9 Å². The van der Waals surface area contributed by atoms with Crippen molar-refractivity contribution in [3.8, 4) is 0 Å². The molecule has 1 aliphatic heterocycles. The summed E-state index contributed by atoms with van der Waals surface area (Å²) in [5, 5.41) is 0. The van der Waals surface area contributed by atoms with Crippen LogP contribution in [-0.4, -0.2) is 56.9 Å². The van der Waals surface area contributed by atoms with E-state index in [4.69, 9.17) is 4.79 Å². The van der Waals surface area contributed by atoms with Crippen LogP contribution in [0.1, 0.15) is 0 Å². The van der Waals surface area contributed by atoms with E-state index in [9.17, 15) is 0 Å². The lowest BCUT2D eigenvalue weighted by Gasteiger charge is -2.28. The summed E-state index contributed by atoms with van der Waals surface area (Å²) >= 11 is 0. The SMILES string of the molecule is C=O.CN1CCN(C)CC1. The lowest BCUT2D eigenvalue weighted by molar-refractivity contribution is -0.0979. The molecule has 0 radical (unpaired) electrons. The summed E-state index contributed by atoms with van der Waals surface area (Å²) in [5.74, 6) is 0. The minimum Gasteiger partial charge on any atom is -0.307 e. The van der Waals surface area contributed by atoms with Gasteiger partial charge in [0.2, 0.25) is 0 Å². The number of carbonyl (C=O) groups is 1. The van der Waals surface area contributed by atoms with E-state index in [0.29, 0.717) is 0 Å². The van der Waals surface area contributed by atoms with Gasteiger partial charge in [0.05, 0.1) is 0 Å². The largest absolute Gasteiger partial charge is 0.307 e. The number of rotatable bonds is 0. The summed E-state index contributed by atoms with van der Waals surface area (Å²) in [6, 6.07) is 0. The fourth-order valence-corrected chi connectivity index (χ4v) is 0.906. The van der Waals surface area contributed by atoms with Gasteiger partial charge < -0.3 is 14.6 Å². The minimum atomic E-state index is 1.23. The Bertz CT molecular complexity index is 69.7. The molecule has 0 saturated carbocycles. The van der Waals surface area contributed by atoms with E-state index in [0.717, 1.165) is 0 Å². The molecule has 0 amide bonds. The van der Waals surface area contributed by atoms with Gasteiger partial charge in [-0.2, -0.15) is 0 Å². The van der Waals surface area contributed by atoms with Gasteiger partial charge in [0.15, 0.2) is 0 Å². The summed E-state index contributed by atoms with van der Waals surface area (Å²) in [6.45, 7) is 6.93. The lowest BCUT2D eigenvalue weighted by atomic mass is 10.4. The molecule has 0 unspecified atom stereocenters. The molecule has 0 aromatic heterocycles. The molecule has 0 aromatic carbocycles.